The summed E-state index contributed by atoms with van der Waals surface area (Å²) in [6.07, 6.45) is 0. The molecule has 0 radical (unpaired) electrons. The summed E-state index contributed by atoms with van der Waals surface area (Å²) in [5.41, 5.74) is 0.0274. The van der Waals surface area contributed by atoms with Crippen LogP contribution in [0.25, 0.3) is 0 Å². The van der Waals surface area contributed by atoms with Gasteiger partial charge in [0.2, 0.25) is 5.89 Å². The topological polar surface area (TPSA) is 101 Å². The molecule has 2 aromatic rings. The highest BCUT2D eigenvalue weighted by Crippen LogP contribution is 2.17. The molecule has 7 nitrogen and oxygen atoms in total. The number of aromatic carboxylic acids is 1. The molecule has 94 valence electrons. The molecule has 0 aliphatic carbocycles. The third-order valence-corrected chi connectivity index (χ3v) is 2.29. The molecule has 0 aliphatic heterocycles. The number of aryl methyl sites for hydroxylation is 1. The minimum absolute atomic E-state index is 0.0274. The molecular weight excluding hydrogens is 260 g/mol. The fraction of sp³-hybridized carbons (Fsp3) is 0.200. The van der Waals surface area contributed by atoms with Crippen LogP contribution in [0, 0.1) is 6.92 Å². The summed E-state index contributed by atoms with van der Waals surface area (Å²) in [7, 11) is 0. The number of carboxylic acids is 1. The summed E-state index contributed by atoms with van der Waals surface area (Å²) in [6, 6.07) is 2.79. The van der Waals surface area contributed by atoms with Crippen molar-refractivity contribution < 1.29 is 14.4 Å². The molecule has 0 fully saturated rings. The van der Waals surface area contributed by atoms with Gasteiger partial charge in [-0.15, -0.1) is 0 Å². The van der Waals surface area contributed by atoms with Gasteiger partial charge in [-0.2, -0.15) is 4.98 Å². The van der Waals surface area contributed by atoms with Crippen molar-refractivity contribution in [3.63, 3.8) is 0 Å². The van der Waals surface area contributed by atoms with E-state index in [1.165, 1.54) is 12.1 Å². The largest absolute Gasteiger partial charge is 0.478 e. The van der Waals surface area contributed by atoms with Crippen molar-refractivity contribution in [2.75, 3.05) is 5.32 Å². The summed E-state index contributed by atoms with van der Waals surface area (Å²) in [5, 5.41) is 15.7. The van der Waals surface area contributed by atoms with Gasteiger partial charge in [0.1, 0.15) is 16.5 Å². The van der Waals surface area contributed by atoms with Gasteiger partial charge in [0.15, 0.2) is 5.82 Å². The summed E-state index contributed by atoms with van der Waals surface area (Å²) < 4.78 is 4.79. The lowest BCUT2D eigenvalue weighted by molar-refractivity contribution is 0.0697. The van der Waals surface area contributed by atoms with E-state index < -0.39 is 5.97 Å². The second kappa shape index (κ2) is 5.01. The summed E-state index contributed by atoms with van der Waals surface area (Å²) >= 11 is 5.71. The predicted molar refractivity (Wildman–Crippen MR) is 62.6 cm³/mol. The Labute approximate surface area is 107 Å². The molecule has 0 amide bonds. The van der Waals surface area contributed by atoms with Crippen molar-refractivity contribution in [2.45, 2.75) is 13.5 Å². The smallest absolute Gasteiger partial charge is 0.339 e. The zero-order valence-corrected chi connectivity index (χ0v) is 10.1. The molecule has 0 unspecified atom stereocenters. The van der Waals surface area contributed by atoms with E-state index in [-0.39, 0.29) is 23.1 Å². The molecule has 0 aromatic carbocycles. The number of anilines is 1. The number of pyridine rings is 1. The molecule has 2 aromatic heterocycles. The molecular formula is C10H9ClN4O3. The second-order valence-corrected chi connectivity index (χ2v) is 3.81. The Hall–Kier alpha value is -2.15. The molecule has 0 spiro atoms. The number of hydrogen-bond donors (Lipinski definition) is 2. The first-order valence-corrected chi connectivity index (χ1v) is 5.37. The normalized spacial score (nSPS) is 10.3. The monoisotopic (exact) mass is 268 g/mol. The minimum Gasteiger partial charge on any atom is -0.478 e. The van der Waals surface area contributed by atoms with Crippen LogP contribution in [0.5, 0.6) is 0 Å². The van der Waals surface area contributed by atoms with Crippen molar-refractivity contribution in [2.24, 2.45) is 0 Å². The molecule has 2 heterocycles. The average molecular weight is 269 g/mol. The van der Waals surface area contributed by atoms with Crippen LogP contribution in [-0.2, 0) is 6.54 Å². The molecule has 2 rings (SSSR count). The van der Waals surface area contributed by atoms with Crippen molar-refractivity contribution in [3.8, 4) is 0 Å². The van der Waals surface area contributed by atoms with Gasteiger partial charge in [-0.25, -0.2) is 9.78 Å². The Morgan fingerprint density at radius 2 is 2.28 bits per heavy atom. The summed E-state index contributed by atoms with van der Waals surface area (Å²) in [4.78, 5) is 18.9. The predicted octanol–water partition coefficient (Wildman–Crippen LogP) is 1.74. The van der Waals surface area contributed by atoms with Crippen molar-refractivity contribution in [1.29, 1.82) is 0 Å². The lowest BCUT2D eigenvalue weighted by atomic mass is 10.2. The van der Waals surface area contributed by atoms with Crippen molar-refractivity contribution in [1.82, 2.24) is 15.1 Å². The van der Waals surface area contributed by atoms with E-state index in [1.807, 2.05) is 0 Å². The van der Waals surface area contributed by atoms with E-state index in [9.17, 15) is 4.79 Å². The van der Waals surface area contributed by atoms with Gasteiger partial charge in [0.05, 0.1) is 6.54 Å². The van der Waals surface area contributed by atoms with Crippen LogP contribution in [0.1, 0.15) is 22.1 Å². The number of rotatable bonds is 4. The maximum Gasteiger partial charge on any atom is 0.339 e. The van der Waals surface area contributed by atoms with Gasteiger partial charge < -0.3 is 14.9 Å². The second-order valence-electron chi connectivity index (χ2n) is 3.42. The van der Waals surface area contributed by atoms with Gasteiger partial charge in [-0.1, -0.05) is 16.8 Å². The first-order valence-electron chi connectivity index (χ1n) is 4.99. The number of aromatic nitrogens is 3. The lowest BCUT2D eigenvalue weighted by Gasteiger charge is -2.06. The molecule has 2 N–H and O–H groups in total. The number of halogens is 1. The Bertz CT molecular complexity index is 584. The standard InChI is InChI=1S/C10H9ClN4O3/c1-5-13-8(15-18-5)4-12-9-6(10(16)17)2-3-7(11)14-9/h2-3H,4H2,1H3,(H,12,14)(H,16,17). The first-order chi connectivity index (χ1) is 8.56. The Kier molecular flexibility index (Phi) is 3.42. The van der Waals surface area contributed by atoms with Crippen LogP contribution in [0.2, 0.25) is 5.15 Å². The van der Waals surface area contributed by atoms with Gasteiger partial charge in [-0.05, 0) is 12.1 Å². The highest BCUT2D eigenvalue weighted by atomic mass is 35.5. The average Bonchev–Trinajstić information content (AvgIpc) is 2.72. The fourth-order valence-corrected chi connectivity index (χ4v) is 1.47. The van der Waals surface area contributed by atoms with Gasteiger partial charge in [-0.3, -0.25) is 0 Å². The summed E-state index contributed by atoms with van der Waals surface area (Å²) in [6.45, 7) is 1.86. The first kappa shape index (κ1) is 12.3. The maximum absolute atomic E-state index is 11.0. The van der Waals surface area contributed by atoms with E-state index in [4.69, 9.17) is 21.2 Å². The number of carboxylic acid groups (broad SMARTS) is 1. The highest BCUT2D eigenvalue weighted by Gasteiger charge is 2.12. The third-order valence-electron chi connectivity index (χ3n) is 2.08. The highest BCUT2D eigenvalue weighted by molar-refractivity contribution is 6.29. The van der Waals surface area contributed by atoms with Gasteiger partial charge in [0, 0.05) is 6.92 Å². The number of hydrogen-bond acceptors (Lipinski definition) is 6. The van der Waals surface area contributed by atoms with E-state index in [1.54, 1.807) is 6.92 Å². The van der Waals surface area contributed by atoms with E-state index in [0.29, 0.717) is 11.7 Å². The summed E-state index contributed by atoms with van der Waals surface area (Å²) in [5.74, 6) is -0.0849. The van der Waals surface area contributed by atoms with Crippen molar-refractivity contribution in [3.05, 3.63) is 34.6 Å². The Morgan fingerprint density at radius 3 is 2.89 bits per heavy atom. The molecule has 0 saturated heterocycles. The van der Waals surface area contributed by atoms with Crippen LogP contribution < -0.4 is 5.32 Å². The van der Waals surface area contributed by atoms with Crippen LogP contribution in [-0.4, -0.2) is 26.2 Å². The number of nitrogens with zero attached hydrogens (tertiary/aromatic N) is 3. The zero-order valence-electron chi connectivity index (χ0n) is 9.35. The maximum atomic E-state index is 11.0. The number of nitrogens with one attached hydrogen (secondary N) is 1. The Balaban J connectivity index is 2.17. The quantitative estimate of drug-likeness (QED) is 0.814. The SMILES string of the molecule is Cc1nc(CNc2nc(Cl)ccc2C(=O)O)no1. The fourth-order valence-electron chi connectivity index (χ4n) is 1.32. The molecule has 0 saturated carbocycles. The lowest BCUT2D eigenvalue weighted by Crippen LogP contribution is -2.09. The van der Waals surface area contributed by atoms with Crippen LogP contribution in [0.3, 0.4) is 0 Å². The number of carbonyl (C=O) groups is 1. The molecule has 0 bridgehead atoms. The van der Waals surface area contributed by atoms with Crippen molar-refractivity contribution >= 4 is 23.4 Å². The molecule has 0 atom stereocenters. The van der Waals surface area contributed by atoms with Crippen LogP contribution in [0.15, 0.2) is 16.7 Å². The van der Waals surface area contributed by atoms with Gasteiger partial charge >= 0.3 is 5.97 Å². The van der Waals surface area contributed by atoms with Gasteiger partial charge in [0.25, 0.3) is 0 Å². The third kappa shape index (κ3) is 2.75. The molecule has 0 aliphatic rings. The van der Waals surface area contributed by atoms with E-state index in [0.717, 1.165) is 0 Å². The van der Waals surface area contributed by atoms with Crippen LogP contribution in [0.4, 0.5) is 5.82 Å². The van der Waals surface area contributed by atoms with E-state index >= 15 is 0 Å². The Morgan fingerprint density at radius 1 is 1.50 bits per heavy atom. The van der Waals surface area contributed by atoms with Crippen LogP contribution >= 0.6 is 11.6 Å². The minimum atomic E-state index is -1.09. The van der Waals surface area contributed by atoms with E-state index in [2.05, 4.69) is 20.4 Å². The zero-order chi connectivity index (χ0) is 13.1. The molecule has 8 heteroatoms. The molecule has 18 heavy (non-hydrogen) atoms.